The van der Waals surface area contributed by atoms with Crippen molar-refractivity contribution in [3.63, 3.8) is 0 Å². The van der Waals surface area contributed by atoms with Gasteiger partial charge in [0.2, 0.25) is 0 Å². The van der Waals surface area contributed by atoms with Gasteiger partial charge >= 0.3 is 0 Å². The van der Waals surface area contributed by atoms with Crippen LogP contribution in [0.5, 0.6) is 0 Å². The highest BCUT2D eigenvalue weighted by atomic mass is 16.6. The molecule has 3 rings (SSSR count). The zero-order valence-corrected chi connectivity index (χ0v) is 12.5. The molecule has 1 aliphatic rings. The van der Waals surface area contributed by atoms with Crippen molar-refractivity contribution in [1.29, 1.82) is 0 Å². The molecule has 1 aliphatic carbocycles. The van der Waals surface area contributed by atoms with Crippen LogP contribution in [-0.2, 0) is 13.0 Å². The third-order valence-electron chi connectivity index (χ3n) is 4.13. The fourth-order valence-electron chi connectivity index (χ4n) is 2.99. The van der Waals surface area contributed by atoms with Crippen molar-refractivity contribution in [3.05, 3.63) is 57.5 Å². The largest absolute Gasteiger partial charge is 0.469 e. The van der Waals surface area contributed by atoms with E-state index in [-0.39, 0.29) is 16.7 Å². The van der Waals surface area contributed by atoms with Crippen LogP contribution in [0.1, 0.15) is 35.8 Å². The molecule has 0 saturated heterocycles. The molecule has 1 heterocycles. The van der Waals surface area contributed by atoms with Gasteiger partial charge in [-0.3, -0.25) is 10.1 Å². The normalized spacial score (nSPS) is 17.0. The van der Waals surface area contributed by atoms with Crippen LogP contribution in [0.15, 0.2) is 34.9 Å². The van der Waals surface area contributed by atoms with Crippen LogP contribution in [0.2, 0.25) is 0 Å². The predicted molar refractivity (Wildman–Crippen MR) is 83.9 cm³/mol. The van der Waals surface area contributed by atoms with Crippen LogP contribution in [0, 0.1) is 10.1 Å². The van der Waals surface area contributed by atoms with Gasteiger partial charge in [0.1, 0.15) is 11.4 Å². The lowest BCUT2D eigenvalue weighted by Gasteiger charge is -2.22. The summed E-state index contributed by atoms with van der Waals surface area (Å²) in [5.74, 6) is 1.06. The van der Waals surface area contributed by atoms with E-state index in [1.165, 1.54) is 5.56 Å². The van der Waals surface area contributed by atoms with Crippen molar-refractivity contribution in [2.75, 3.05) is 12.4 Å². The first-order valence-electron chi connectivity index (χ1n) is 7.43. The maximum absolute atomic E-state index is 11.1. The summed E-state index contributed by atoms with van der Waals surface area (Å²) in [6.07, 6.45) is 4.88. The van der Waals surface area contributed by atoms with Gasteiger partial charge in [-0.1, -0.05) is 6.07 Å². The Morgan fingerprint density at radius 3 is 3.05 bits per heavy atom. The number of nitro groups is 1. The molecule has 116 valence electrons. The summed E-state index contributed by atoms with van der Waals surface area (Å²) >= 11 is 0. The second kappa shape index (κ2) is 6.19. The number of rotatable bonds is 5. The summed E-state index contributed by atoms with van der Waals surface area (Å²) in [5, 5.41) is 17.4. The molecule has 1 atom stereocenters. The fraction of sp³-hybridized carbons (Fsp3) is 0.375. The molecule has 0 saturated carbocycles. The molecule has 1 aromatic carbocycles. The molecular formula is C16H19N3O3. The van der Waals surface area contributed by atoms with Crippen LogP contribution in [0.3, 0.4) is 0 Å². The summed E-state index contributed by atoms with van der Waals surface area (Å²) in [6, 6.07) is 7.55. The maximum Gasteiger partial charge on any atom is 0.292 e. The number of benzene rings is 1. The molecule has 1 aromatic heterocycles. The van der Waals surface area contributed by atoms with Crippen molar-refractivity contribution in [1.82, 2.24) is 5.32 Å². The molecule has 0 spiro atoms. The Hall–Kier alpha value is -2.34. The average Bonchev–Trinajstić information content (AvgIpc) is 3.01. The summed E-state index contributed by atoms with van der Waals surface area (Å²) in [6.45, 7) is 0.597. The number of fused-ring (bicyclic) bond motifs is 1. The molecule has 0 aliphatic heterocycles. The van der Waals surface area contributed by atoms with Gasteiger partial charge in [0, 0.05) is 37.7 Å². The van der Waals surface area contributed by atoms with E-state index in [1.54, 1.807) is 25.4 Å². The lowest BCUT2D eigenvalue weighted by Crippen LogP contribution is -2.24. The number of hydrogen-bond donors (Lipinski definition) is 2. The van der Waals surface area contributed by atoms with Crippen molar-refractivity contribution in [3.8, 4) is 0 Å². The highest BCUT2D eigenvalue weighted by Crippen LogP contribution is 2.31. The smallest absolute Gasteiger partial charge is 0.292 e. The molecule has 2 N–H and O–H groups in total. The molecule has 0 bridgehead atoms. The summed E-state index contributed by atoms with van der Waals surface area (Å²) in [4.78, 5) is 10.7. The first-order chi connectivity index (χ1) is 10.7. The number of anilines is 1. The summed E-state index contributed by atoms with van der Waals surface area (Å²) < 4.78 is 5.48. The van der Waals surface area contributed by atoms with E-state index in [2.05, 4.69) is 10.6 Å². The minimum Gasteiger partial charge on any atom is -0.469 e. The second-order valence-corrected chi connectivity index (χ2v) is 5.48. The first kappa shape index (κ1) is 14.6. The van der Waals surface area contributed by atoms with Gasteiger partial charge in [0.25, 0.3) is 5.69 Å². The number of furan rings is 1. The molecule has 0 amide bonds. The topological polar surface area (TPSA) is 80.3 Å². The van der Waals surface area contributed by atoms with E-state index in [0.717, 1.165) is 30.6 Å². The van der Waals surface area contributed by atoms with Crippen molar-refractivity contribution >= 4 is 11.4 Å². The van der Waals surface area contributed by atoms with E-state index >= 15 is 0 Å². The Bertz CT molecular complexity index is 681. The Labute approximate surface area is 128 Å². The molecule has 6 nitrogen and oxygen atoms in total. The van der Waals surface area contributed by atoms with Crippen LogP contribution >= 0.6 is 0 Å². The Balaban J connectivity index is 1.73. The lowest BCUT2D eigenvalue weighted by molar-refractivity contribution is -0.384. The van der Waals surface area contributed by atoms with E-state index in [9.17, 15) is 10.1 Å². The van der Waals surface area contributed by atoms with Gasteiger partial charge in [0.15, 0.2) is 0 Å². The van der Waals surface area contributed by atoms with Crippen LogP contribution in [-0.4, -0.2) is 12.0 Å². The predicted octanol–water partition coefficient (Wildman–Crippen LogP) is 3.40. The number of aryl methyl sites for hydroxylation is 1. The summed E-state index contributed by atoms with van der Waals surface area (Å²) in [5.41, 5.74) is 2.76. The molecule has 0 fully saturated rings. The Morgan fingerprint density at radius 2 is 2.27 bits per heavy atom. The van der Waals surface area contributed by atoms with Crippen LogP contribution in [0.25, 0.3) is 0 Å². The molecule has 22 heavy (non-hydrogen) atoms. The number of hydrogen-bond acceptors (Lipinski definition) is 5. The van der Waals surface area contributed by atoms with Crippen LogP contribution < -0.4 is 10.6 Å². The second-order valence-electron chi connectivity index (χ2n) is 5.48. The van der Waals surface area contributed by atoms with E-state index in [0.29, 0.717) is 12.2 Å². The van der Waals surface area contributed by atoms with E-state index < -0.39 is 0 Å². The number of nitro benzene ring substituents is 1. The zero-order valence-electron chi connectivity index (χ0n) is 12.5. The van der Waals surface area contributed by atoms with Gasteiger partial charge < -0.3 is 15.1 Å². The minimum absolute atomic E-state index is 0.106. The maximum atomic E-state index is 11.1. The van der Waals surface area contributed by atoms with Gasteiger partial charge in [-0.05, 0) is 30.5 Å². The monoisotopic (exact) mass is 301 g/mol. The van der Waals surface area contributed by atoms with E-state index in [1.807, 2.05) is 12.1 Å². The first-order valence-corrected chi connectivity index (χ1v) is 7.43. The molecule has 6 heteroatoms. The van der Waals surface area contributed by atoms with E-state index in [4.69, 9.17) is 4.42 Å². The van der Waals surface area contributed by atoms with Gasteiger partial charge in [-0.25, -0.2) is 0 Å². The molecule has 2 aromatic rings. The van der Waals surface area contributed by atoms with Crippen molar-refractivity contribution in [2.24, 2.45) is 0 Å². The highest BCUT2D eigenvalue weighted by Gasteiger charge is 2.22. The summed E-state index contributed by atoms with van der Waals surface area (Å²) in [7, 11) is 1.68. The highest BCUT2D eigenvalue weighted by molar-refractivity contribution is 5.62. The third kappa shape index (κ3) is 2.82. The number of nitrogens with zero attached hydrogens (tertiary/aromatic N) is 1. The van der Waals surface area contributed by atoms with Crippen LogP contribution in [0.4, 0.5) is 11.4 Å². The van der Waals surface area contributed by atoms with Gasteiger partial charge in [-0.2, -0.15) is 0 Å². The lowest BCUT2D eigenvalue weighted by atomic mass is 9.93. The molecule has 0 unspecified atom stereocenters. The van der Waals surface area contributed by atoms with Crippen molar-refractivity contribution in [2.45, 2.75) is 31.8 Å². The minimum atomic E-state index is -0.357. The van der Waals surface area contributed by atoms with Gasteiger partial charge in [-0.15, -0.1) is 0 Å². The van der Waals surface area contributed by atoms with Crippen molar-refractivity contribution < 1.29 is 9.34 Å². The third-order valence-corrected chi connectivity index (χ3v) is 4.13. The van der Waals surface area contributed by atoms with Gasteiger partial charge in [0.05, 0.1) is 11.2 Å². The zero-order chi connectivity index (χ0) is 15.5. The SMILES string of the molecule is CNc1ccc(CN[C@H]2CCCc3occc32)cc1[N+](=O)[O-]. The molecule has 0 radical (unpaired) electrons. The Kier molecular flexibility index (Phi) is 4.11. The molecular weight excluding hydrogens is 282 g/mol. The standard InChI is InChI=1S/C16H19N3O3/c1-17-14-6-5-11(9-15(14)19(20)21)10-18-13-3-2-4-16-12(13)7-8-22-16/h5-9,13,17-18H,2-4,10H2,1H3/t13-/m0/s1. The number of nitrogens with one attached hydrogen (secondary N) is 2. The fourth-order valence-corrected chi connectivity index (χ4v) is 2.99. The Morgan fingerprint density at radius 1 is 1.41 bits per heavy atom. The quantitative estimate of drug-likeness (QED) is 0.653. The average molecular weight is 301 g/mol.